The Morgan fingerprint density at radius 3 is 0.773 bits per heavy atom. The van der Waals surface area contributed by atoms with Crippen molar-refractivity contribution in [1.82, 2.24) is 0 Å². The summed E-state index contributed by atoms with van der Waals surface area (Å²) in [6.45, 7) is 0. The van der Waals surface area contributed by atoms with Gasteiger partial charge in [0, 0.05) is 36.4 Å². The van der Waals surface area contributed by atoms with E-state index in [2.05, 4.69) is 0 Å². The molecule has 0 bridgehead atoms. The van der Waals surface area contributed by atoms with Crippen LogP contribution >= 0.6 is 0 Å². The van der Waals surface area contributed by atoms with Crippen LogP contribution in [0, 0.1) is 0 Å². The van der Waals surface area contributed by atoms with Crippen molar-refractivity contribution in [3.63, 3.8) is 0 Å². The summed E-state index contributed by atoms with van der Waals surface area (Å²) in [5, 5.41) is 144. The van der Waals surface area contributed by atoms with Crippen molar-refractivity contribution < 1.29 is 105 Å². The molecule has 6 aromatic carbocycles. The molecule has 0 amide bonds. The number of phenols is 12. The van der Waals surface area contributed by atoms with E-state index in [1.54, 1.807) is 0 Å². The highest BCUT2D eigenvalue weighted by atomic mass is 16.5. The highest BCUT2D eigenvalue weighted by Crippen LogP contribution is 2.46. The molecule has 21 heteroatoms. The molecular formula is C45H36O21. The first kappa shape index (κ1) is 45.2. The zero-order valence-corrected chi connectivity index (χ0v) is 33.3. The van der Waals surface area contributed by atoms with Gasteiger partial charge in [-0.15, -0.1) is 0 Å². The largest absolute Gasteiger partial charge is 0.508 e. The molecule has 66 heavy (non-hydrogen) atoms. The number of aromatic hydroxyl groups is 12. The SMILES string of the molecule is O=C1c2c(O)cc(O)cc2O[C@H](c2ccc(O)c(O)c2)[C@H]1O.O=C1c2c(O)cc(O)cc2O[C@H](c2ccc(O)c(O)c2)[C@H]1O.O=C1c2c(O)cc(O)cc2O[C@H](c2ccc(O)c(O)c2)[C@H]1O. The van der Waals surface area contributed by atoms with Crippen LogP contribution in [-0.2, 0) is 0 Å². The molecule has 9 rings (SSSR count). The van der Waals surface area contributed by atoms with E-state index >= 15 is 0 Å². The third-order valence-corrected chi connectivity index (χ3v) is 10.3. The van der Waals surface area contributed by atoms with Gasteiger partial charge in [-0.1, -0.05) is 18.2 Å². The maximum absolute atomic E-state index is 12.2. The zero-order chi connectivity index (χ0) is 48.0. The van der Waals surface area contributed by atoms with Crippen molar-refractivity contribution in [1.29, 1.82) is 0 Å². The van der Waals surface area contributed by atoms with Gasteiger partial charge in [0.2, 0.25) is 17.3 Å². The first-order chi connectivity index (χ1) is 31.1. The number of hydrogen-bond donors (Lipinski definition) is 15. The fourth-order valence-electron chi connectivity index (χ4n) is 7.14. The first-order valence-electron chi connectivity index (χ1n) is 19.0. The number of carbonyl (C=O) groups excluding carboxylic acids is 3. The highest BCUT2D eigenvalue weighted by molar-refractivity contribution is 6.07. The smallest absolute Gasteiger partial charge is 0.202 e. The van der Waals surface area contributed by atoms with Gasteiger partial charge in [0.25, 0.3) is 0 Å². The van der Waals surface area contributed by atoms with Gasteiger partial charge >= 0.3 is 0 Å². The second kappa shape index (κ2) is 17.4. The van der Waals surface area contributed by atoms with E-state index in [9.17, 15) is 91.0 Å². The summed E-state index contributed by atoms with van der Waals surface area (Å²) in [5.74, 6) is -7.24. The molecule has 0 fully saturated rings. The molecular weight excluding hydrogens is 876 g/mol. The molecule has 342 valence electrons. The van der Waals surface area contributed by atoms with E-state index in [0.29, 0.717) is 0 Å². The minimum absolute atomic E-state index is 0.0784. The van der Waals surface area contributed by atoms with Crippen molar-refractivity contribution in [3.8, 4) is 86.2 Å². The van der Waals surface area contributed by atoms with E-state index in [1.165, 1.54) is 36.4 Å². The quantitative estimate of drug-likeness (QED) is 0.113. The molecule has 0 saturated heterocycles. The Hall–Kier alpha value is -8.79. The molecule has 6 atom stereocenters. The molecule has 15 N–H and O–H groups in total. The molecule has 21 nitrogen and oxygen atoms in total. The van der Waals surface area contributed by atoms with E-state index in [0.717, 1.165) is 54.6 Å². The summed E-state index contributed by atoms with van der Waals surface area (Å²) in [4.78, 5) is 36.6. The molecule has 3 aliphatic heterocycles. The van der Waals surface area contributed by atoms with Crippen LogP contribution in [0.3, 0.4) is 0 Å². The van der Waals surface area contributed by atoms with Gasteiger partial charge in [-0.3, -0.25) is 14.4 Å². The summed E-state index contributed by atoms with van der Waals surface area (Å²) in [7, 11) is 0. The van der Waals surface area contributed by atoms with Crippen molar-refractivity contribution in [2.45, 2.75) is 36.6 Å². The van der Waals surface area contributed by atoms with Crippen molar-refractivity contribution >= 4 is 17.3 Å². The molecule has 0 unspecified atom stereocenters. The molecule has 3 heterocycles. The summed E-state index contributed by atoms with van der Waals surface area (Å²) >= 11 is 0. The molecule has 0 aromatic heterocycles. The first-order valence-corrected chi connectivity index (χ1v) is 19.0. The number of carbonyl (C=O) groups is 3. The van der Waals surface area contributed by atoms with Crippen LogP contribution in [0.2, 0.25) is 0 Å². The van der Waals surface area contributed by atoms with Gasteiger partial charge in [-0.25, -0.2) is 0 Å². The van der Waals surface area contributed by atoms with Gasteiger partial charge in [0.05, 0.1) is 0 Å². The van der Waals surface area contributed by atoms with Crippen LogP contribution in [-0.4, -0.2) is 112 Å². The molecule has 0 aliphatic carbocycles. The van der Waals surface area contributed by atoms with E-state index in [4.69, 9.17) is 14.2 Å². The van der Waals surface area contributed by atoms with Crippen LogP contribution < -0.4 is 14.2 Å². The number of aliphatic hydroxyl groups excluding tert-OH is 3. The lowest BCUT2D eigenvalue weighted by Gasteiger charge is -2.30. The Bertz CT molecular complexity index is 2620. The van der Waals surface area contributed by atoms with Gasteiger partial charge in [0.1, 0.15) is 68.4 Å². The maximum atomic E-state index is 12.2. The Balaban J connectivity index is 0.000000147. The Morgan fingerprint density at radius 2 is 0.545 bits per heavy atom. The normalized spacial score (nSPS) is 20.3. The number of rotatable bonds is 3. The van der Waals surface area contributed by atoms with Gasteiger partial charge in [-0.2, -0.15) is 0 Å². The van der Waals surface area contributed by atoms with Gasteiger partial charge < -0.3 is 90.8 Å². The predicted molar refractivity (Wildman–Crippen MR) is 220 cm³/mol. The van der Waals surface area contributed by atoms with Crippen LogP contribution in [0.15, 0.2) is 91.0 Å². The van der Waals surface area contributed by atoms with Crippen molar-refractivity contribution in [2.75, 3.05) is 0 Å². The molecule has 0 radical (unpaired) electrons. The topological polar surface area (TPSA) is 382 Å². The van der Waals surface area contributed by atoms with Crippen LogP contribution in [0.4, 0.5) is 0 Å². The minimum Gasteiger partial charge on any atom is -0.508 e. The number of ether oxygens (including phenoxy) is 3. The lowest BCUT2D eigenvalue weighted by molar-refractivity contribution is 0.0207. The Morgan fingerprint density at radius 1 is 0.303 bits per heavy atom. The summed E-state index contributed by atoms with van der Waals surface area (Å²) in [6, 6.07) is 17.5. The van der Waals surface area contributed by atoms with Crippen molar-refractivity contribution in [2.24, 2.45) is 0 Å². The second-order valence-electron chi connectivity index (χ2n) is 14.8. The van der Waals surface area contributed by atoms with Gasteiger partial charge in [0.15, 0.2) is 71.1 Å². The molecule has 0 saturated carbocycles. The third kappa shape index (κ3) is 8.49. The second-order valence-corrected chi connectivity index (χ2v) is 14.8. The number of phenolic OH excluding ortho intramolecular Hbond substituents is 12. The third-order valence-electron chi connectivity index (χ3n) is 10.3. The number of hydrogen-bond acceptors (Lipinski definition) is 21. The minimum atomic E-state index is -1.60. The summed E-state index contributed by atoms with van der Waals surface area (Å²) < 4.78 is 16.4. The Kier molecular flexibility index (Phi) is 11.9. The number of aliphatic hydroxyl groups is 3. The predicted octanol–water partition coefficient (Wildman–Crippen LogP) is 3.56. The zero-order valence-electron chi connectivity index (χ0n) is 33.3. The van der Waals surface area contributed by atoms with E-state index in [1.807, 2.05) is 0 Å². The standard InChI is InChI=1S/3C15H12O7/c3*16-7-4-10(19)12-11(5-7)22-15(14(21)13(12)20)6-1-2-8(17)9(18)3-6/h3*1-5,14-19,21H/t3*14-,15+/m000/s1. The number of ketones is 3. The fraction of sp³-hybridized carbons (Fsp3) is 0.133. The molecule has 3 aliphatic rings. The maximum Gasteiger partial charge on any atom is 0.202 e. The average Bonchev–Trinajstić information content (AvgIpc) is 3.24. The van der Waals surface area contributed by atoms with E-state index in [-0.39, 0.29) is 85.1 Å². The Labute approximate surface area is 369 Å². The lowest BCUT2D eigenvalue weighted by Crippen LogP contribution is -2.36. The van der Waals surface area contributed by atoms with Crippen LogP contribution in [0.1, 0.15) is 66.1 Å². The van der Waals surface area contributed by atoms with E-state index < -0.39 is 88.5 Å². The highest BCUT2D eigenvalue weighted by Gasteiger charge is 2.42. The lowest BCUT2D eigenvalue weighted by atomic mass is 9.92. The number of benzene rings is 6. The molecule has 0 spiro atoms. The monoisotopic (exact) mass is 912 g/mol. The van der Waals surface area contributed by atoms with Crippen LogP contribution in [0.5, 0.6) is 86.2 Å². The average molecular weight is 913 g/mol. The fourth-order valence-corrected chi connectivity index (χ4v) is 7.14. The summed E-state index contributed by atoms with van der Waals surface area (Å²) in [6.07, 6.45) is -8.25. The number of Topliss-reactive ketones (excluding diaryl/α,β-unsaturated/α-hetero) is 3. The number of fused-ring (bicyclic) bond motifs is 3. The van der Waals surface area contributed by atoms with Gasteiger partial charge in [-0.05, 0) is 53.1 Å². The van der Waals surface area contributed by atoms with Crippen molar-refractivity contribution in [3.05, 3.63) is 124 Å². The van der Waals surface area contributed by atoms with Crippen LogP contribution in [0.25, 0.3) is 0 Å². The molecule has 6 aromatic rings. The summed E-state index contributed by atoms with van der Waals surface area (Å²) in [5.41, 5.74) is 0.109.